The fourth-order valence-electron chi connectivity index (χ4n) is 3.84. The molecular formula is C22H20F3N3O3. The van der Waals surface area contributed by atoms with Crippen LogP contribution in [-0.4, -0.2) is 43.7 Å². The topological polar surface area (TPSA) is 74.4 Å². The zero-order valence-corrected chi connectivity index (χ0v) is 16.7. The van der Waals surface area contributed by atoms with Crippen molar-refractivity contribution < 1.29 is 22.7 Å². The Morgan fingerprint density at radius 1 is 1.13 bits per heavy atom. The normalized spacial score (nSPS) is 14.1. The van der Waals surface area contributed by atoms with Gasteiger partial charge in [0.25, 0.3) is 0 Å². The van der Waals surface area contributed by atoms with Crippen molar-refractivity contribution in [3.8, 4) is 11.1 Å². The summed E-state index contributed by atoms with van der Waals surface area (Å²) in [7, 11) is 0. The third-order valence-corrected chi connectivity index (χ3v) is 5.23. The van der Waals surface area contributed by atoms with Crippen LogP contribution in [0, 0.1) is 17.5 Å². The number of esters is 1. The van der Waals surface area contributed by atoms with Crippen LogP contribution in [0.2, 0.25) is 0 Å². The van der Waals surface area contributed by atoms with E-state index in [1.54, 1.807) is 11.8 Å². The highest BCUT2D eigenvalue weighted by atomic mass is 19.1. The Morgan fingerprint density at radius 2 is 1.87 bits per heavy atom. The molecule has 1 saturated heterocycles. The predicted molar refractivity (Wildman–Crippen MR) is 111 cm³/mol. The second-order valence-electron chi connectivity index (χ2n) is 7.12. The van der Waals surface area contributed by atoms with Crippen molar-refractivity contribution in [1.82, 2.24) is 10.3 Å². The molecule has 3 aromatic rings. The molecule has 0 spiro atoms. The number of fused-ring (bicyclic) bond motifs is 1. The first-order chi connectivity index (χ1) is 14.9. The van der Waals surface area contributed by atoms with E-state index in [-0.39, 0.29) is 39.9 Å². The highest BCUT2D eigenvalue weighted by Gasteiger charge is 2.26. The standard InChI is InChI=1S/C22H20F3N3O3/c1-2-31-22(30)15-11-27-19-14(21(15)29)10-17(25)20(28-7-5-26-6-8-28)18(19)13-4-3-12(23)9-16(13)24/h3-4,9-11,26H,2,5-8H2,1H3,(H,27,29). The second-order valence-corrected chi connectivity index (χ2v) is 7.12. The van der Waals surface area contributed by atoms with Crippen LogP contribution in [-0.2, 0) is 4.74 Å². The van der Waals surface area contributed by atoms with E-state index in [0.717, 1.165) is 12.1 Å². The monoisotopic (exact) mass is 431 g/mol. The summed E-state index contributed by atoms with van der Waals surface area (Å²) in [5.41, 5.74) is -0.714. The van der Waals surface area contributed by atoms with E-state index >= 15 is 4.39 Å². The lowest BCUT2D eigenvalue weighted by molar-refractivity contribution is 0.0524. The van der Waals surface area contributed by atoms with Gasteiger partial charge in [0.2, 0.25) is 5.43 Å². The Morgan fingerprint density at radius 3 is 2.55 bits per heavy atom. The Balaban J connectivity index is 2.05. The summed E-state index contributed by atoms with van der Waals surface area (Å²) in [5.74, 6) is -3.24. The number of pyridine rings is 1. The van der Waals surface area contributed by atoms with Crippen LogP contribution in [0.15, 0.2) is 35.3 Å². The molecule has 9 heteroatoms. The predicted octanol–water partition coefficient (Wildman–Crippen LogP) is 3.20. The molecule has 4 rings (SSSR count). The van der Waals surface area contributed by atoms with Crippen LogP contribution >= 0.6 is 0 Å². The molecule has 1 aliphatic heterocycles. The molecular weight excluding hydrogens is 411 g/mol. The number of carbonyl (C=O) groups is 1. The van der Waals surface area contributed by atoms with Crippen molar-refractivity contribution >= 4 is 22.6 Å². The summed E-state index contributed by atoms with van der Waals surface area (Å²) in [6, 6.07) is 4.03. The average Bonchev–Trinajstić information content (AvgIpc) is 2.75. The van der Waals surface area contributed by atoms with Gasteiger partial charge >= 0.3 is 5.97 Å². The van der Waals surface area contributed by atoms with Crippen molar-refractivity contribution in [3.63, 3.8) is 0 Å². The Labute approximate surface area is 175 Å². The summed E-state index contributed by atoms with van der Waals surface area (Å²) in [5, 5.41) is 3.04. The number of nitrogens with one attached hydrogen (secondary N) is 2. The summed E-state index contributed by atoms with van der Waals surface area (Å²) in [6.45, 7) is 3.79. The van der Waals surface area contributed by atoms with Crippen molar-refractivity contribution in [3.05, 3.63) is 63.7 Å². The fourth-order valence-corrected chi connectivity index (χ4v) is 3.84. The van der Waals surface area contributed by atoms with Gasteiger partial charge in [-0.05, 0) is 25.1 Å². The van der Waals surface area contributed by atoms with E-state index < -0.39 is 28.8 Å². The molecule has 162 valence electrons. The quantitative estimate of drug-likeness (QED) is 0.621. The molecule has 0 aliphatic carbocycles. The highest BCUT2D eigenvalue weighted by Crippen LogP contribution is 2.39. The van der Waals surface area contributed by atoms with Crippen LogP contribution < -0.4 is 15.6 Å². The Hall–Kier alpha value is -3.33. The van der Waals surface area contributed by atoms with Gasteiger partial charge in [-0.1, -0.05) is 0 Å². The molecule has 0 saturated carbocycles. The zero-order chi connectivity index (χ0) is 22.1. The van der Waals surface area contributed by atoms with Gasteiger partial charge in [0.1, 0.15) is 23.0 Å². The summed E-state index contributed by atoms with van der Waals surface area (Å²) < 4.78 is 48.6. The van der Waals surface area contributed by atoms with Crippen LogP contribution in [0.3, 0.4) is 0 Å². The first-order valence-electron chi connectivity index (χ1n) is 9.88. The van der Waals surface area contributed by atoms with Crippen molar-refractivity contribution in [2.45, 2.75) is 6.92 Å². The van der Waals surface area contributed by atoms with Crippen LogP contribution in [0.4, 0.5) is 18.9 Å². The number of aromatic amines is 1. The van der Waals surface area contributed by atoms with Gasteiger partial charge in [0.15, 0.2) is 0 Å². The number of hydrogen-bond donors (Lipinski definition) is 2. The number of rotatable bonds is 4. The number of halogens is 3. The Kier molecular flexibility index (Phi) is 5.69. The maximum absolute atomic E-state index is 15.4. The summed E-state index contributed by atoms with van der Waals surface area (Å²) in [6.07, 6.45) is 1.17. The fraction of sp³-hybridized carbons (Fsp3) is 0.273. The number of ether oxygens (including phenoxy) is 1. The minimum Gasteiger partial charge on any atom is -0.462 e. The highest BCUT2D eigenvalue weighted by molar-refractivity contribution is 6.03. The SMILES string of the molecule is CCOC(=O)c1c[nH]c2c(-c3ccc(F)cc3F)c(N3CCNCC3)c(F)cc2c1=O. The van der Waals surface area contributed by atoms with E-state index in [2.05, 4.69) is 10.3 Å². The number of H-pyrrole nitrogens is 1. The molecule has 0 bridgehead atoms. The van der Waals surface area contributed by atoms with E-state index in [0.29, 0.717) is 32.2 Å². The third kappa shape index (κ3) is 3.76. The largest absolute Gasteiger partial charge is 0.462 e. The van der Waals surface area contributed by atoms with Gasteiger partial charge in [0, 0.05) is 49.6 Å². The number of piperazine rings is 1. The first kappa shape index (κ1) is 20.9. The number of aromatic nitrogens is 1. The number of hydrogen-bond acceptors (Lipinski definition) is 5. The number of anilines is 1. The first-order valence-corrected chi connectivity index (χ1v) is 9.88. The lowest BCUT2D eigenvalue weighted by Gasteiger charge is -2.32. The molecule has 2 aromatic carbocycles. The van der Waals surface area contributed by atoms with Crippen molar-refractivity contribution in [2.75, 3.05) is 37.7 Å². The van der Waals surface area contributed by atoms with Crippen LogP contribution in [0.5, 0.6) is 0 Å². The van der Waals surface area contributed by atoms with E-state index in [1.807, 2.05) is 0 Å². The molecule has 1 aromatic heterocycles. The molecule has 0 unspecified atom stereocenters. The second kappa shape index (κ2) is 8.43. The lowest BCUT2D eigenvalue weighted by atomic mass is 9.96. The van der Waals surface area contributed by atoms with Gasteiger partial charge < -0.3 is 19.9 Å². The van der Waals surface area contributed by atoms with Crippen LogP contribution in [0.25, 0.3) is 22.0 Å². The van der Waals surface area contributed by atoms with Gasteiger partial charge in [-0.15, -0.1) is 0 Å². The molecule has 2 heterocycles. The molecule has 6 nitrogen and oxygen atoms in total. The zero-order valence-electron chi connectivity index (χ0n) is 16.7. The van der Waals surface area contributed by atoms with E-state index in [4.69, 9.17) is 4.74 Å². The minimum absolute atomic E-state index is 0.0565. The van der Waals surface area contributed by atoms with Crippen molar-refractivity contribution in [1.29, 1.82) is 0 Å². The molecule has 0 radical (unpaired) electrons. The lowest BCUT2D eigenvalue weighted by Crippen LogP contribution is -2.44. The third-order valence-electron chi connectivity index (χ3n) is 5.23. The Bertz CT molecular complexity index is 1220. The minimum atomic E-state index is -0.890. The molecule has 0 atom stereocenters. The van der Waals surface area contributed by atoms with Gasteiger partial charge in [-0.25, -0.2) is 18.0 Å². The van der Waals surface area contributed by atoms with E-state index in [9.17, 15) is 18.4 Å². The number of carbonyl (C=O) groups excluding carboxylic acids is 1. The van der Waals surface area contributed by atoms with Gasteiger partial charge in [-0.3, -0.25) is 4.79 Å². The molecule has 31 heavy (non-hydrogen) atoms. The molecule has 1 fully saturated rings. The number of nitrogens with zero attached hydrogens (tertiary/aromatic N) is 1. The molecule has 1 aliphatic rings. The maximum atomic E-state index is 15.4. The molecule has 2 N–H and O–H groups in total. The van der Waals surface area contributed by atoms with E-state index in [1.165, 1.54) is 12.3 Å². The summed E-state index contributed by atoms with van der Waals surface area (Å²) in [4.78, 5) is 29.6. The number of benzene rings is 2. The summed E-state index contributed by atoms with van der Waals surface area (Å²) >= 11 is 0. The maximum Gasteiger partial charge on any atom is 0.343 e. The van der Waals surface area contributed by atoms with Gasteiger partial charge in [0.05, 0.1) is 23.2 Å². The van der Waals surface area contributed by atoms with Crippen LogP contribution in [0.1, 0.15) is 17.3 Å². The van der Waals surface area contributed by atoms with Gasteiger partial charge in [-0.2, -0.15) is 0 Å². The average molecular weight is 431 g/mol. The van der Waals surface area contributed by atoms with Crippen molar-refractivity contribution in [2.24, 2.45) is 0 Å². The molecule has 0 amide bonds. The smallest absolute Gasteiger partial charge is 0.343 e.